The Bertz CT molecular complexity index is 707. The molecule has 1 N–H and O–H groups in total. The molecule has 2 aromatic heterocycles. The first-order valence-corrected chi connectivity index (χ1v) is 7.12. The molecular weight excluding hydrogens is 313 g/mol. The fraction of sp³-hybridized carbons (Fsp3) is 0.538. The van der Waals surface area contributed by atoms with E-state index in [1.165, 1.54) is 10.9 Å². The van der Waals surface area contributed by atoms with Crippen LogP contribution in [0.25, 0.3) is 0 Å². The van der Waals surface area contributed by atoms with Crippen LogP contribution in [0.5, 0.6) is 0 Å². The number of aromatic amines is 1. The van der Waals surface area contributed by atoms with Gasteiger partial charge < -0.3 is 9.88 Å². The lowest BCUT2D eigenvalue weighted by Gasteiger charge is -2.31. The van der Waals surface area contributed by atoms with Crippen LogP contribution in [0.3, 0.4) is 0 Å². The van der Waals surface area contributed by atoms with Gasteiger partial charge in [-0.2, -0.15) is 13.2 Å². The van der Waals surface area contributed by atoms with Crippen LogP contribution in [0.2, 0.25) is 0 Å². The lowest BCUT2D eigenvalue weighted by molar-refractivity contribution is -0.141. The van der Waals surface area contributed by atoms with E-state index >= 15 is 0 Å². The minimum Gasteiger partial charge on any atom is -0.338 e. The Labute approximate surface area is 129 Å². The fourth-order valence-corrected chi connectivity index (χ4v) is 2.72. The van der Waals surface area contributed by atoms with Crippen molar-refractivity contribution in [1.29, 1.82) is 0 Å². The van der Waals surface area contributed by atoms with Crippen LogP contribution >= 0.6 is 0 Å². The molecule has 0 spiro atoms. The van der Waals surface area contributed by atoms with Crippen molar-refractivity contribution < 1.29 is 18.0 Å². The number of hydrogen-bond acceptors (Lipinski definition) is 4. The Morgan fingerprint density at radius 3 is 2.78 bits per heavy atom. The largest absolute Gasteiger partial charge is 0.432 e. The van der Waals surface area contributed by atoms with Crippen molar-refractivity contribution in [3.8, 4) is 0 Å². The van der Waals surface area contributed by atoms with E-state index in [2.05, 4.69) is 20.3 Å². The maximum atomic E-state index is 12.7. The molecule has 124 valence electrons. The summed E-state index contributed by atoms with van der Waals surface area (Å²) in [5.74, 6) is -0.215. The molecule has 3 rings (SSSR count). The fourth-order valence-electron chi connectivity index (χ4n) is 2.72. The van der Waals surface area contributed by atoms with E-state index < -0.39 is 11.9 Å². The second-order valence-corrected chi connectivity index (χ2v) is 5.51. The van der Waals surface area contributed by atoms with E-state index in [0.29, 0.717) is 31.6 Å². The maximum absolute atomic E-state index is 12.7. The van der Waals surface area contributed by atoms with Gasteiger partial charge in [0, 0.05) is 26.1 Å². The number of aryl methyl sites for hydroxylation is 1. The number of hydrogen-bond donors (Lipinski definition) is 1. The summed E-state index contributed by atoms with van der Waals surface area (Å²) >= 11 is 0. The highest BCUT2D eigenvalue weighted by atomic mass is 19.4. The number of rotatable bonds is 2. The highest BCUT2D eigenvalue weighted by Gasteiger charge is 2.35. The van der Waals surface area contributed by atoms with Crippen molar-refractivity contribution >= 4 is 5.91 Å². The molecule has 1 aliphatic heterocycles. The van der Waals surface area contributed by atoms with Crippen LogP contribution in [-0.2, 0) is 13.2 Å². The molecule has 1 saturated heterocycles. The lowest BCUT2D eigenvalue weighted by Crippen LogP contribution is -2.40. The second kappa shape index (κ2) is 5.67. The summed E-state index contributed by atoms with van der Waals surface area (Å²) < 4.78 is 39.3. The molecule has 7 nitrogen and oxygen atoms in total. The molecule has 0 bridgehead atoms. The summed E-state index contributed by atoms with van der Waals surface area (Å²) in [5, 5.41) is 7.38. The minimum atomic E-state index is -4.45. The van der Waals surface area contributed by atoms with Crippen LogP contribution in [0.4, 0.5) is 13.2 Å². The standard InChI is InChI=1S/C13H15F3N6O/c1-21-9(5-18-20-21)12(23)22-4-2-3-8(7-22)11-17-6-10(19-11)13(14,15)16/h5-6,8H,2-4,7H2,1H3,(H,17,19). The van der Waals surface area contributed by atoms with Crippen LogP contribution < -0.4 is 0 Å². The average Bonchev–Trinajstić information content (AvgIpc) is 3.15. The topological polar surface area (TPSA) is 79.7 Å². The number of nitrogens with zero attached hydrogens (tertiary/aromatic N) is 5. The van der Waals surface area contributed by atoms with E-state index in [-0.39, 0.29) is 17.6 Å². The molecule has 1 atom stereocenters. The molecule has 0 saturated carbocycles. The zero-order chi connectivity index (χ0) is 16.6. The molecule has 23 heavy (non-hydrogen) atoms. The summed E-state index contributed by atoms with van der Waals surface area (Å²) in [7, 11) is 1.61. The minimum absolute atomic E-state index is 0.232. The Hall–Kier alpha value is -2.39. The summed E-state index contributed by atoms with van der Waals surface area (Å²) in [5.41, 5.74) is -0.520. The number of halogens is 3. The summed E-state index contributed by atoms with van der Waals surface area (Å²) in [6.07, 6.45) is -0.903. The number of alkyl halides is 3. The van der Waals surface area contributed by atoms with E-state index in [9.17, 15) is 18.0 Å². The molecule has 0 aromatic carbocycles. The summed E-state index contributed by atoms with van der Waals surface area (Å²) in [6, 6.07) is 0. The number of carbonyl (C=O) groups is 1. The Morgan fingerprint density at radius 2 is 2.17 bits per heavy atom. The second-order valence-electron chi connectivity index (χ2n) is 5.51. The van der Waals surface area contributed by atoms with Crippen LogP contribution in [0, 0.1) is 0 Å². The van der Waals surface area contributed by atoms with Crippen LogP contribution in [0.1, 0.15) is 40.8 Å². The van der Waals surface area contributed by atoms with Crippen molar-refractivity contribution in [3.05, 3.63) is 29.6 Å². The zero-order valence-electron chi connectivity index (χ0n) is 12.3. The number of imidazole rings is 1. The summed E-state index contributed by atoms with van der Waals surface area (Å²) in [6.45, 7) is 0.863. The van der Waals surface area contributed by atoms with Gasteiger partial charge in [-0.3, -0.25) is 4.79 Å². The average molecular weight is 328 g/mol. The number of carbonyl (C=O) groups excluding carboxylic acids is 1. The van der Waals surface area contributed by atoms with Gasteiger partial charge >= 0.3 is 6.18 Å². The van der Waals surface area contributed by atoms with Crippen molar-refractivity contribution in [1.82, 2.24) is 29.9 Å². The molecule has 0 radical (unpaired) electrons. The monoisotopic (exact) mass is 328 g/mol. The zero-order valence-corrected chi connectivity index (χ0v) is 12.3. The Balaban J connectivity index is 1.75. The Morgan fingerprint density at radius 1 is 1.39 bits per heavy atom. The Kier molecular flexibility index (Phi) is 3.82. The van der Waals surface area contributed by atoms with E-state index in [4.69, 9.17) is 0 Å². The van der Waals surface area contributed by atoms with Crippen molar-refractivity contribution in [2.45, 2.75) is 24.9 Å². The van der Waals surface area contributed by atoms with Crippen LogP contribution in [-0.4, -0.2) is 48.9 Å². The van der Waals surface area contributed by atoms with Gasteiger partial charge in [-0.25, -0.2) is 9.67 Å². The number of aromatic nitrogens is 5. The third-order valence-corrected chi connectivity index (χ3v) is 3.93. The number of likely N-dealkylation sites (tertiary alicyclic amines) is 1. The van der Waals surface area contributed by atoms with Gasteiger partial charge in [0.1, 0.15) is 17.2 Å². The lowest BCUT2D eigenvalue weighted by atomic mass is 9.97. The van der Waals surface area contributed by atoms with Gasteiger partial charge in [-0.05, 0) is 12.8 Å². The van der Waals surface area contributed by atoms with Gasteiger partial charge in [-0.15, -0.1) is 5.10 Å². The first-order chi connectivity index (χ1) is 10.9. The van der Waals surface area contributed by atoms with Gasteiger partial charge in [0.05, 0.1) is 12.4 Å². The van der Waals surface area contributed by atoms with Gasteiger partial charge in [0.15, 0.2) is 0 Å². The molecule has 3 heterocycles. The number of piperidine rings is 1. The molecule has 1 aliphatic rings. The molecule has 0 aliphatic carbocycles. The highest BCUT2D eigenvalue weighted by molar-refractivity contribution is 5.92. The molecule has 1 fully saturated rings. The smallest absolute Gasteiger partial charge is 0.338 e. The van der Waals surface area contributed by atoms with E-state index in [1.807, 2.05) is 0 Å². The quantitative estimate of drug-likeness (QED) is 0.908. The SMILES string of the molecule is Cn1nncc1C(=O)N1CCCC(c2ncc(C(F)(F)F)[nH]2)C1. The van der Waals surface area contributed by atoms with E-state index in [1.54, 1.807) is 11.9 Å². The van der Waals surface area contributed by atoms with Gasteiger partial charge in [0.2, 0.25) is 0 Å². The molecule has 2 aromatic rings. The van der Waals surface area contributed by atoms with Gasteiger partial charge in [-0.1, -0.05) is 5.21 Å². The predicted octanol–water partition coefficient (Wildman–Crippen LogP) is 1.58. The third-order valence-electron chi connectivity index (χ3n) is 3.93. The van der Waals surface area contributed by atoms with Crippen molar-refractivity contribution in [2.75, 3.05) is 13.1 Å². The maximum Gasteiger partial charge on any atom is 0.432 e. The van der Waals surface area contributed by atoms with Crippen molar-refractivity contribution in [3.63, 3.8) is 0 Å². The highest BCUT2D eigenvalue weighted by Crippen LogP contribution is 2.31. The van der Waals surface area contributed by atoms with Gasteiger partial charge in [0.25, 0.3) is 5.91 Å². The third kappa shape index (κ3) is 3.06. The normalized spacial score (nSPS) is 19.1. The predicted molar refractivity (Wildman–Crippen MR) is 72.5 cm³/mol. The van der Waals surface area contributed by atoms with Crippen molar-refractivity contribution in [2.24, 2.45) is 7.05 Å². The molecule has 1 unspecified atom stereocenters. The number of nitrogens with one attached hydrogen (secondary N) is 1. The van der Waals surface area contributed by atoms with Crippen LogP contribution in [0.15, 0.2) is 12.4 Å². The first kappa shape index (κ1) is 15.5. The molecule has 10 heteroatoms. The van der Waals surface area contributed by atoms with E-state index in [0.717, 1.165) is 6.20 Å². The molecular formula is C13H15F3N6O. The first-order valence-electron chi connectivity index (χ1n) is 7.12. The summed E-state index contributed by atoms with van der Waals surface area (Å²) in [4.78, 5) is 20.2. The number of H-pyrrole nitrogens is 1. The molecule has 1 amide bonds. The number of amides is 1.